The van der Waals surface area contributed by atoms with Crippen molar-refractivity contribution in [3.8, 4) is 0 Å². The summed E-state index contributed by atoms with van der Waals surface area (Å²) in [4.78, 5) is 0. The highest BCUT2D eigenvalue weighted by atomic mass is 16.5. The van der Waals surface area contributed by atoms with Crippen LogP contribution in [0.1, 0.15) is 207 Å². The van der Waals surface area contributed by atoms with E-state index >= 15 is 0 Å². The van der Waals surface area contributed by atoms with Crippen LogP contribution in [0.4, 0.5) is 0 Å². The fourth-order valence-electron chi connectivity index (χ4n) is 5.08. The molecule has 2 heteroatoms. The molecule has 0 fully saturated rings. The van der Waals surface area contributed by atoms with Crippen LogP contribution in [0, 0.1) is 0 Å². The molecule has 0 unspecified atom stereocenters. The van der Waals surface area contributed by atoms with E-state index in [-0.39, 0.29) is 6.61 Å². The molecule has 0 aliphatic heterocycles. The Balaban J connectivity index is 0. The lowest BCUT2D eigenvalue weighted by Gasteiger charge is -2.05. The van der Waals surface area contributed by atoms with Gasteiger partial charge in [0.05, 0.1) is 0 Å². The van der Waals surface area contributed by atoms with Gasteiger partial charge >= 0.3 is 0 Å². The molecular weight excluding hydrogens is 452 g/mol. The van der Waals surface area contributed by atoms with Crippen molar-refractivity contribution in [1.29, 1.82) is 0 Å². The average molecular weight is 527 g/mol. The molecule has 0 saturated heterocycles. The normalized spacial score (nSPS) is 11.0. The molecule has 0 rings (SSSR count). The zero-order valence-electron chi connectivity index (χ0n) is 26.5. The Morgan fingerprint density at radius 2 is 0.459 bits per heavy atom. The second kappa shape index (κ2) is 40.4. The van der Waals surface area contributed by atoms with Gasteiger partial charge in [0.25, 0.3) is 0 Å². The summed E-state index contributed by atoms with van der Waals surface area (Å²) in [7, 11) is 0. The third kappa shape index (κ3) is 43.2. The summed E-state index contributed by atoms with van der Waals surface area (Å²) in [6, 6.07) is 0. The molecule has 37 heavy (non-hydrogen) atoms. The van der Waals surface area contributed by atoms with Crippen molar-refractivity contribution in [2.45, 2.75) is 207 Å². The van der Waals surface area contributed by atoms with E-state index in [0.717, 1.165) is 13.2 Å². The molecular formula is C35H74O2. The topological polar surface area (TPSA) is 29.5 Å². The molecule has 0 saturated carbocycles. The second-order valence-electron chi connectivity index (χ2n) is 11.5. The van der Waals surface area contributed by atoms with Gasteiger partial charge < -0.3 is 9.84 Å². The Morgan fingerprint density at radius 1 is 0.297 bits per heavy atom. The van der Waals surface area contributed by atoms with E-state index in [0.29, 0.717) is 0 Å². The Hall–Kier alpha value is -0.0800. The van der Waals surface area contributed by atoms with Gasteiger partial charge in [-0.2, -0.15) is 0 Å². The molecule has 0 heterocycles. The smallest absolute Gasteiger partial charge is 0.0466 e. The summed E-state index contributed by atoms with van der Waals surface area (Å²) >= 11 is 0. The summed E-state index contributed by atoms with van der Waals surface area (Å²) in [5, 5.41) is 7.57. The van der Waals surface area contributed by atoms with Crippen molar-refractivity contribution in [2.75, 3.05) is 19.8 Å². The van der Waals surface area contributed by atoms with Crippen LogP contribution in [0.15, 0.2) is 0 Å². The van der Waals surface area contributed by atoms with E-state index in [1.807, 2.05) is 0 Å². The van der Waals surface area contributed by atoms with Gasteiger partial charge in [-0.1, -0.05) is 187 Å². The van der Waals surface area contributed by atoms with Gasteiger partial charge in [-0.15, -0.1) is 0 Å². The zero-order chi connectivity index (χ0) is 27.3. The van der Waals surface area contributed by atoms with Crippen molar-refractivity contribution in [3.05, 3.63) is 0 Å². The van der Waals surface area contributed by atoms with Crippen LogP contribution in [0.5, 0.6) is 0 Å². The van der Waals surface area contributed by atoms with Crippen LogP contribution in [0.25, 0.3) is 0 Å². The number of hydrogen-bond donors (Lipinski definition) is 1. The second-order valence-corrected chi connectivity index (χ2v) is 11.5. The predicted molar refractivity (Wildman–Crippen MR) is 169 cm³/mol. The summed E-state index contributed by atoms with van der Waals surface area (Å²) in [5.41, 5.74) is 0. The first kappa shape index (κ1) is 39.1. The molecule has 0 aliphatic carbocycles. The fraction of sp³-hybridized carbons (Fsp3) is 1.00. The van der Waals surface area contributed by atoms with E-state index in [9.17, 15) is 0 Å². The Bertz CT molecular complexity index is 312. The van der Waals surface area contributed by atoms with Gasteiger partial charge in [-0.3, -0.25) is 0 Å². The molecule has 0 bridgehead atoms. The molecule has 0 amide bonds. The van der Waals surface area contributed by atoms with Crippen LogP contribution in [0.2, 0.25) is 0 Å². The molecule has 0 aromatic heterocycles. The standard InChI is InChI=1S/C33H68O.C2H6O/c1-3-5-7-9-11-13-15-17-19-21-23-25-27-29-31-33-34-32-30-28-26-24-22-20-18-16-14-12-10-8-6-4-2;1-2-3/h3-33H2,1-2H3;3H,2H2,1H3. The minimum Gasteiger partial charge on any atom is -0.397 e. The Labute approximate surface area is 236 Å². The summed E-state index contributed by atoms with van der Waals surface area (Å²) < 4.78 is 5.85. The van der Waals surface area contributed by atoms with Gasteiger partial charge in [0.2, 0.25) is 0 Å². The van der Waals surface area contributed by atoms with Gasteiger partial charge in [-0.25, -0.2) is 0 Å². The maximum atomic E-state index is 7.57. The molecule has 0 aliphatic rings. The summed E-state index contributed by atoms with van der Waals surface area (Å²) in [6.45, 7) is 8.53. The predicted octanol–water partition coefficient (Wildman–Crippen LogP) is 12.4. The number of unbranched alkanes of at least 4 members (excludes halogenated alkanes) is 27. The highest BCUT2D eigenvalue weighted by Crippen LogP contribution is 2.14. The number of rotatable bonds is 31. The van der Waals surface area contributed by atoms with Crippen molar-refractivity contribution < 1.29 is 9.84 Å². The van der Waals surface area contributed by atoms with Gasteiger partial charge in [0.15, 0.2) is 0 Å². The van der Waals surface area contributed by atoms with Crippen LogP contribution in [-0.4, -0.2) is 24.9 Å². The lowest BCUT2D eigenvalue weighted by molar-refractivity contribution is 0.125. The number of aliphatic hydroxyl groups is 1. The highest BCUT2D eigenvalue weighted by Gasteiger charge is 1.96. The van der Waals surface area contributed by atoms with E-state index < -0.39 is 0 Å². The first-order valence-corrected chi connectivity index (χ1v) is 17.5. The van der Waals surface area contributed by atoms with Crippen LogP contribution in [0.3, 0.4) is 0 Å². The third-order valence-corrected chi connectivity index (χ3v) is 7.53. The third-order valence-electron chi connectivity index (χ3n) is 7.53. The summed E-state index contributed by atoms with van der Waals surface area (Å²) in [6.07, 6.45) is 41.6. The largest absolute Gasteiger partial charge is 0.397 e. The van der Waals surface area contributed by atoms with Crippen molar-refractivity contribution in [1.82, 2.24) is 0 Å². The molecule has 2 nitrogen and oxygen atoms in total. The maximum Gasteiger partial charge on any atom is 0.0466 e. The van der Waals surface area contributed by atoms with Crippen LogP contribution in [-0.2, 0) is 4.74 Å². The number of ether oxygens (including phenoxy) is 1. The SMILES string of the molecule is CCCCCCCCCCCCCCCCCOCCCCCCCCCCCCCCCC.CCO. The lowest BCUT2D eigenvalue weighted by atomic mass is 10.0. The first-order chi connectivity index (χ1) is 18.3. The number of hydrogen-bond acceptors (Lipinski definition) is 2. The Kier molecular flexibility index (Phi) is 42.7. The quantitative estimate of drug-likeness (QED) is 0.0910. The van der Waals surface area contributed by atoms with Crippen molar-refractivity contribution in [3.63, 3.8) is 0 Å². The molecule has 226 valence electrons. The molecule has 1 N–H and O–H groups in total. The van der Waals surface area contributed by atoms with Gasteiger partial charge in [-0.05, 0) is 19.8 Å². The number of aliphatic hydroxyl groups excluding tert-OH is 1. The average Bonchev–Trinajstić information content (AvgIpc) is 2.90. The lowest BCUT2D eigenvalue weighted by Crippen LogP contribution is -1.97. The maximum absolute atomic E-state index is 7.57. The first-order valence-electron chi connectivity index (χ1n) is 17.5. The summed E-state index contributed by atoms with van der Waals surface area (Å²) in [5.74, 6) is 0. The fourth-order valence-corrected chi connectivity index (χ4v) is 5.08. The van der Waals surface area contributed by atoms with E-state index in [4.69, 9.17) is 9.84 Å². The monoisotopic (exact) mass is 527 g/mol. The van der Waals surface area contributed by atoms with E-state index in [2.05, 4.69) is 13.8 Å². The van der Waals surface area contributed by atoms with Crippen molar-refractivity contribution >= 4 is 0 Å². The molecule has 0 radical (unpaired) electrons. The van der Waals surface area contributed by atoms with E-state index in [1.54, 1.807) is 6.92 Å². The zero-order valence-corrected chi connectivity index (χ0v) is 26.5. The minimum atomic E-state index is 0.250. The van der Waals surface area contributed by atoms with Crippen LogP contribution >= 0.6 is 0 Å². The van der Waals surface area contributed by atoms with Gasteiger partial charge in [0.1, 0.15) is 0 Å². The molecule has 0 spiro atoms. The van der Waals surface area contributed by atoms with Crippen LogP contribution < -0.4 is 0 Å². The minimum absolute atomic E-state index is 0.250. The Morgan fingerprint density at radius 3 is 0.649 bits per heavy atom. The molecule has 0 aromatic rings. The van der Waals surface area contributed by atoms with E-state index in [1.165, 1.54) is 186 Å². The van der Waals surface area contributed by atoms with Gasteiger partial charge in [0, 0.05) is 19.8 Å². The highest BCUT2D eigenvalue weighted by molar-refractivity contribution is 4.51. The molecule has 0 aromatic carbocycles. The van der Waals surface area contributed by atoms with Crippen molar-refractivity contribution in [2.24, 2.45) is 0 Å². The molecule has 0 atom stereocenters.